The topological polar surface area (TPSA) is 70.5 Å². The molecule has 0 radical (unpaired) electrons. The van der Waals surface area contributed by atoms with Gasteiger partial charge in [-0.1, -0.05) is 29.8 Å². The molecule has 2 aliphatic rings. The van der Waals surface area contributed by atoms with Gasteiger partial charge in [0.1, 0.15) is 0 Å². The predicted molar refractivity (Wildman–Crippen MR) is 112 cm³/mol. The number of benzene rings is 1. The van der Waals surface area contributed by atoms with Gasteiger partial charge in [-0.2, -0.15) is 4.68 Å². The molecule has 7 nitrogen and oxygen atoms in total. The number of rotatable bonds is 4. The fourth-order valence-corrected chi connectivity index (χ4v) is 4.83. The Morgan fingerprint density at radius 1 is 1.21 bits per heavy atom. The third kappa shape index (κ3) is 4.31. The van der Waals surface area contributed by atoms with Crippen LogP contribution in [0.1, 0.15) is 25.3 Å². The molecule has 2 amide bonds. The summed E-state index contributed by atoms with van der Waals surface area (Å²) in [5.74, 6) is 1.22. The first kappa shape index (κ1) is 19.9. The van der Waals surface area contributed by atoms with E-state index in [1.165, 1.54) is 11.6 Å². The van der Waals surface area contributed by atoms with Gasteiger partial charge < -0.3 is 10.2 Å². The van der Waals surface area contributed by atoms with Gasteiger partial charge in [0.15, 0.2) is 5.82 Å². The van der Waals surface area contributed by atoms with E-state index in [0.717, 1.165) is 43.1 Å². The van der Waals surface area contributed by atoms with Crippen LogP contribution in [0.4, 0.5) is 10.6 Å². The van der Waals surface area contributed by atoms with E-state index in [1.807, 2.05) is 23.1 Å². The molecular weight excluding hydrogens is 390 g/mol. The van der Waals surface area contributed by atoms with Crippen LogP contribution in [0.15, 0.2) is 36.5 Å². The summed E-state index contributed by atoms with van der Waals surface area (Å²) < 4.78 is 1.31. The first-order valence-corrected chi connectivity index (χ1v) is 10.3. The van der Waals surface area contributed by atoms with Gasteiger partial charge in [0.25, 0.3) is 0 Å². The Balaban J connectivity index is 1.32. The lowest BCUT2D eigenvalue weighted by Crippen LogP contribution is -2.36. The van der Waals surface area contributed by atoms with E-state index in [4.69, 9.17) is 11.6 Å². The van der Waals surface area contributed by atoms with Crippen molar-refractivity contribution in [2.24, 2.45) is 11.8 Å². The molecule has 2 fully saturated rings. The number of aromatic nitrogens is 2. The van der Waals surface area contributed by atoms with Gasteiger partial charge in [0, 0.05) is 49.9 Å². The van der Waals surface area contributed by atoms with Gasteiger partial charge in [-0.05, 0) is 43.4 Å². The van der Waals surface area contributed by atoms with Crippen LogP contribution in [0.3, 0.4) is 0 Å². The Kier molecular flexibility index (Phi) is 5.61. The highest BCUT2D eigenvalue weighted by Gasteiger charge is 2.43. The molecule has 1 aliphatic carbocycles. The van der Waals surface area contributed by atoms with Gasteiger partial charge in [0.2, 0.25) is 5.91 Å². The standard InChI is InChI=1S/C21H26ClN5O2/c1-14(28)23-20-7-8-27(24-20)21(29)26-12-16-9-18(10-17(16)13-26)25(2)11-15-5-3-4-6-19(15)22/h3-8,16-18H,9-13H2,1-2H3,(H,23,24,28)/t16-,17+,18-. The average molecular weight is 416 g/mol. The Labute approximate surface area is 175 Å². The highest BCUT2D eigenvalue weighted by atomic mass is 35.5. The SMILES string of the molecule is CC(=O)Nc1ccn(C(=O)N2C[C@H]3C[C@@H](N(C)Cc4ccccc4Cl)C[C@H]3C2)n1. The van der Waals surface area contributed by atoms with Crippen molar-refractivity contribution >= 4 is 29.4 Å². The van der Waals surface area contributed by atoms with Crippen LogP contribution in [0, 0.1) is 11.8 Å². The van der Waals surface area contributed by atoms with Crippen LogP contribution in [0.5, 0.6) is 0 Å². The van der Waals surface area contributed by atoms with Crippen molar-refractivity contribution in [1.29, 1.82) is 0 Å². The highest BCUT2D eigenvalue weighted by Crippen LogP contribution is 2.40. The Morgan fingerprint density at radius 2 is 1.90 bits per heavy atom. The summed E-state index contributed by atoms with van der Waals surface area (Å²) in [4.78, 5) is 28.2. The lowest BCUT2D eigenvalue weighted by Gasteiger charge is -2.26. The fourth-order valence-electron chi connectivity index (χ4n) is 4.63. The summed E-state index contributed by atoms with van der Waals surface area (Å²) in [6.07, 6.45) is 3.78. The second kappa shape index (κ2) is 8.16. The van der Waals surface area contributed by atoms with E-state index in [9.17, 15) is 9.59 Å². The number of nitrogens with one attached hydrogen (secondary N) is 1. The number of likely N-dealkylation sites (tertiary alicyclic amines) is 1. The first-order chi connectivity index (χ1) is 13.9. The van der Waals surface area contributed by atoms with Crippen LogP contribution >= 0.6 is 11.6 Å². The van der Waals surface area contributed by atoms with Crippen molar-refractivity contribution in [2.45, 2.75) is 32.4 Å². The third-order valence-electron chi connectivity index (χ3n) is 6.09. The maximum Gasteiger partial charge on any atom is 0.344 e. The smallest absolute Gasteiger partial charge is 0.322 e. The molecule has 0 unspecified atom stereocenters. The number of nitrogens with zero attached hydrogens (tertiary/aromatic N) is 4. The number of hydrogen-bond donors (Lipinski definition) is 1. The zero-order chi connectivity index (χ0) is 20.5. The summed E-state index contributed by atoms with van der Waals surface area (Å²) in [5.41, 5.74) is 1.15. The zero-order valence-corrected chi connectivity index (χ0v) is 17.5. The van der Waals surface area contributed by atoms with Gasteiger partial charge in [-0.15, -0.1) is 5.10 Å². The third-order valence-corrected chi connectivity index (χ3v) is 6.46. The predicted octanol–water partition coefficient (Wildman–Crippen LogP) is 3.31. The molecule has 154 valence electrons. The molecular formula is C21H26ClN5O2. The number of halogens is 1. The van der Waals surface area contributed by atoms with Crippen LogP contribution in [0.2, 0.25) is 5.02 Å². The molecule has 8 heteroatoms. The van der Waals surface area contributed by atoms with Crippen molar-refractivity contribution in [3.05, 3.63) is 47.1 Å². The summed E-state index contributed by atoms with van der Waals surface area (Å²) in [6.45, 7) is 3.78. The van der Waals surface area contributed by atoms with Gasteiger partial charge >= 0.3 is 6.03 Å². The maximum atomic E-state index is 12.8. The van der Waals surface area contributed by atoms with Gasteiger partial charge in [0.05, 0.1) is 0 Å². The zero-order valence-electron chi connectivity index (χ0n) is 16.7. The van der Waals surface area contributed by atoms with E-state index in [0.29, 0.717) is 23.7 Å². The van der Waals surface area contributed by atoms with E-state index < -0.39 is 0 Å². The Hall–Kier alpha value is -2.38. The molecule has 1 aliphatic heterocycles. The first-order valence-electron chi connectivity index (χ1n) is 9.97. The number of carbonyl (C=O) groups excluding carboxylic acids is 2. The monoisotopic (exact) mass is 415 g/mol. The molecule has 1 saturated heterocycles. The molecule has 1 aromatic carbocycles. The van der Waals surface area contributed by atoms with Crippen LogP contribution in [-0.4, -0.2) is 57.7 Å². The van der Waals surface area contributed by atoms with E-state index in [1.54, 1.807) is 12.3 Å². The summed E-state index contributed by atoms with van der Waals surface area (Å²) >= 11 is 6.31. The van der Waals surface area contributed by atoms with E-state index >= 15 is 0 Å². The van der Waals surface area contributed by atoms with Crippen molar-refractivity contribution in [1.82, 2.24) is 19.6 Å². The Morgan fingerprint density at radius 3 is 2.55 bits per heavy atom. The molecule has 2 heterocycles. The molecule has 1 saturated carbocycles. The lowest BCUT2D eigenvalue weighted by molar-refractivity contribution is -0.114. The molecule has 1 aromatic heterocycles. The fraction of sp³-hybridized carbons (Fsp3) is 0.476. The van der Waals surface area contributed by atoms with Crippen molar-refractivity contribution in [3.63, 3.8) is 0 Å². The van der Waals surface area contributed by atoms with Gasteiger partial charge in [-0.25, -0.2) is 4.79 Å². The molecule has 29 heavy (non-hydrogen) atoms. The Bertz CT molecular complexity index is 900. The second-order valence-electron chi connectivity index (χ2n) is 8.17. The molecule has 1 N–H and O–H groups in total. The molecule has 3 atom stereocenters. The maximum absolute atomic E-state index is 12.8. The quantitative estimate of drug-likeness (QED) is 0.831. The van der Waals surface area contributed by atoms with Crippen molar-refractivity contribution in [2.75, 3.05) is 25.5 Å². The second-order valence-corrected chi connectivity index (χ2v) is 8.57. The van der Waals surface area contributed by atoms with Crippen LogP contribution < -0.4 is 5.32 Å². The average Bonchev–Trinajstić information content (AvgIpc) is 3.37. The number of amides is 2. The van der Waals surface area contributed by atoms with E-state index in [-0.39, 0.29) is 11.9 Å². The number of anilines is 1. The largest absolute Gasteiger partial charge is 0.344 e. The minimum absolute atomic E-state index is 0.128. The normalized spacial score (nSPS) is 23.4. The summed E-state index contributed by atoms with van der Waals surface area (Å²) in [6, 6.07) is 10.0. The minimum atomic E-state index is -0.203. The number of fused-ring (bicyclic) bond motifs is 1. The van der Waals surface area contributed by atoms with Crippen LogP contribution in [0.25, 0.3) is 0 Å². The molecule has 4 rings (SSSR count). The molecule has 0 spiro atoms. The number of carbonyl (C=O) groups is 2. The summed E-state index contributed by atoms with van der Waals surface area (Å²) in [5, 5.41) is 7.57. The van der Waals surface area contributed by atoms with Crippen molar-refractivity contribution < 1.29 is 9.59 Å². The summed E-state index contributed by atoms with van der Waals surface area (Å²) in [7, 11) is 2.16. The highest BCUT2D eigenvalue weighted by molar-refractivity contribution is 6.31. The van der Waals surface area contributed by atoms with Crippen LogP contribution in [-0.2, 0) is 11.3 Å². The van der Waals surface area contributed by atoms with Crippen molar-refractivity contribution in [3.8, 4) is 0 Å². The minimum Gasteiger partial charge on any atom is -0.322 e. The lowest BCUT2D eigenvalue weighted by atomic mass is 10.0. The molecule has 0 bridgehead atoms. The van der Waals surface area contributed by atoms with E-state index in [2.05, 4.69) is 28.4 Å². The van der Waals surface area contributed by atoms with Gasteiger partial charge in [-0.3, -0.25) is 9.69 Å². The molecule has 2 aromatic rings. The number of hydrogen-bond acceptors (Lipinski definition) is 4.